The zero-order valence-electron chi connectivity index (χ0n) is 39.7. The first-order valence-electron chi connectivity index (χ1n) is 24.7. The average molecular weight is 955 g/mol. The Balaban J connectivity index is 0.000000174. The fourth-order valence-electron chi connectivity index (χ4n) is 12.3. The van der Waals surface area contributed by atoms with Crippen molar-refractivity contribution in [1.29, 1.82) is 0 Å². The van der Waals surface area contributed by atoms with Gasteiger partial charge >= 0.3 is 0 Å². The van der Waals surface area contributed by atoms with Crippen LogP contribution in [0.15, 0.2) is 83.2 Å². The first-order chi connectivity index (χ1) is 34.1. The van der Waals surface area contributed by atoms with Gasteiger partial charge in [-0.25, -0.2) is 19.9 Å². The number of rotatable bonds is 12. The first-order valence-corrected chi connectivity index (χ1v) is 24.7. The largest absolute Gasteiger partial charge is 0.396 e. The monoisotopic (exact) mass is 954 g/mol. The first kappa shape index (κ1) is 48.4. The minimum Gasteiger partial charge on any atom is -0.396 e. The van der Waals surface area contributed by atoms with E-state index in [-0.39, 0.29) is 84.7 Å². The highest BCUT2D eigenvalue weighted by Gasteiger charge is 2.59. The van der Waals surface area contributed by atoms with Crippen molar-refractivity contribution >= 4 is 35.8 Å². The summed E-state index contributed by atoms with van der Waals surface area (Å²) in [6.07, 6.45) is 20.5. The van der Waals surface area contributed by atoms with Gasteiger partial charge in [0.25, 0.3) is 11.1 Å². The lowest BCUT2D eigenvalue weighted by atomic mass is 9.88. The van der Waals surface area contributed by atoms with Crippen molar-refractivity contribution < 1.29 is 29.4 Å². The molecule has 0 unspecified atom stereocenters. The SMILES string of the molecule is C/C=C/c1ccc2n(c1=O)C[C@H]1[C@H](CO)[C@@H](C(=O)NCc3ccncn3)N(C(=O)C3CCCC3)[C@@H]21.C/C=C\c1ccc2n(c1=O)C[C@H]1[C@H](CO)[C@@H](C(=O)NCc3ccncn3)N(C(=O)C3CCCC3)[C@@H]21. The molecule has 368 valence electrons. The van der Waals surface area contributed by atoms with Crippen molar-refractivity contribution in [3.8, 4) is 0 Å². The maximum Gasteiger partial charge on any atom is 0.258 e. The van der Waals surface area contributed by atoms with E-state index in [9.17, 15) is 39.0 Å². The molecule has 0 spiro atoms. The molecule has 6 aliphatic rings. The zero-order chi connectivity index (χ0) is 49.1. The van der Waals surface area contributed by atoms with Gasteiger partial charge in [0.15, 0.2) is 0 Å². The molecule has 2 saturated heterocycles. The van der Waals surface area contributed by atoms with Crippen LogP contribution in [0.4, 0.5) is 0 Å². The van der Waals surface area contributed by atoms with Crippen LogP contribution in [0.2, 0.25) is 0 Å². The summed E-state index contributed by atoms with van der Waals surface area (Å²) in [7, 11) is 0. The van der Waals surface area contributed by atoms with Gasteiger partial charge in [-0.2, -0.15) is 0 Å². The lowest BCUT2D eigenvalue weighted by Crippen LogP contribution is -2.51. The summed E-state index contributed by atoms with van der Waals surface area (Å²) < 4.78 is 3.44. The molecule has 8 heterocycles. The summed E-state index contributed by atoms with van der Waals surface area (Å²) in [6, 6.07) is 8.37. The van der Waals surface area contributed by atoms with E-state index < -0.39 is 36.0 Å². The predicted octanol–water partition coefficient (Wildman–Crippen LogP) is 3.34. The number of pyridine rings is 2. The number of nitrogens with one attached hydrogen (secondary N) is 2. The molecule has 0 bridgehead atoms. The van der Waals surface area contributed by atoms with E-state index in [0.29, 0.717) is 35.6 Å². The number of aromatic nitrogens is 6. The highest BCUT2D eigenvalue weighted by molar-refractivity contribution is 5.91. The molecule has 10 rings (SSSR count). The second-order valence-electron chi connectivity index (χ2n) is 19.3. The van der Waals surface area contributed by atoms with Crippen molar-refractivity contribution in [3.63, 3.8) is 0 Å². The van der Waals surface area contributed by atoms with Gasteiger partial charge in [0.2, 0.25) is 23.6 Å². The molecule has 0 radical (unpaired) electrons. The van der Waals surface area contributed by atoms with Gasteiger partial charge in [-0.15, -0.1) is 0 Å². The Morgan fingerprint density at radius 1 is 0.614 bits per heavy atom. The molecule has 8 atom stereocenters. The van der Waals surface area contributed by atoms with Gasteiger partial charge in [-0.05, 0) is 75.9 Å². The number of hydrogen-bond donors (Lipinski definition) is 4. The Morgan fingerprint density at radius 2 is 1.01 bits per heavy atom. The third-order valence-electron chi connectivity index (χ3n) is 15.5. The third-order valence-corrected chi connectivity index (χ3v) is 15.5. The van der Waals surface area contributed by atoms with Crippen LogP contribution in [-0.4, -0.2) is 98.0 Å². The standard InChI is InChI=1S/2C26H31N5O4/c2*1-2-5-16-8-9-21-22-19(13-30(21)25(16)34)20(14-32)23(31(22)26(35)17-6-3-4-7-17)24(33)28-12-18-10-11-27-15-29-18/h2*2,5,8-11,15,17,19-20,22-23,32H,3-4,6-7,12-14H2,1H3,(H,28,33)/b5-2+;5-2-/t2*19-,20-,22+,23-/m00/s1. The maximum atomic E-state index is 13.9. The number of fused-ring (bicyclic) bond motifs is 6. The van der Waals surface area contributed by atoms with Crippen LogP contribution in [-0.2, 0) is 45.4 Å². The molecule has 4 N–H and O–H groups in total. The molecular formula is C52H62N10O8. The predicted molar refractivity (Wildman–Crippen MR) is 257 cm³/mol. The Morgan fingerprint density at radius 3 is 1.36 bits per heavy atom. The van der Waals surface area contributed by atoms with Crippen molar-refractivity contribution in [2.75, 3.05) is 13.2 Å². The van der Waals surface area contributed by atoms with Crippen molar-refractivity contribution in [2.24, 2.45) is 35.5 Å². The zero-order valence-corrected chi connectivity index (χ0v) is 39.7. The van der Waals surface area contributed by atoms with Crippen LogP contribution < -0.4 is 21.8 Å². The van der Waals surface area contributed by atoms with Gasteiger partial charge in [0.05, 0.1) is 36.6 Å². The van der Waals surface area contributed by atoms with Crippen LogP contribution in [0.5, 0.6) is 0 Å². The van der Waals surface area contributed by atoms with Crippen molar-refractivity contribution in [3.05, 3.63) is 128 Å². The maximum absolute atomic E-state index is 13.9. The fourth-order valence-corrected chi connectivity index (χ4v) is 12.3. The highest BCUT2D eigenvalue weighted by Crippen LogP contribution is 2.52. The number of hydrogen-bond acceptors (Lipinski definition) is 12. The quantitative estimate of drug-likeness (QED) is 0.160. The molecule has 18 nitrogen and oxygen atoms in total. The Hall–Kier alpha value is -6.66. The smallest absolute Gasteiger partial charge is 0.258 e. The van der Waals surface area contributed by atoms with Crippen LogP contribution >= 0.6 is 0 Å². The number of aliphatic hydroxyl groups is 2. The van der Waals surface area contributed by atoms with E-state index in [0.717, 1.165) is 62.8 Å². The number of nitrogens with zero attached hydrogens (tertiary/aromatic N) is 8. The lowest BCUT2D eigenvalue weighted by molar-refractivity contribution is -0.145. The number of carbonyl (C=O) groups is 4. The molecular weight excluding hydrogens is 893 g/mol. The van der Waals surface area contributed by atoms with E-state index in [1.54, 1.807) is 67.7 Å². The molecule has 4 fully saturated rings. The van der Waals surface area contributed by atoms with Crippen LogP contribution in [0.3, 0.4) is 0 Å². The summed E-state index contributed by atoms with van der Waals surface area (Å²) in [5, 5.41) is 26.7. The topological polar surface area (TPSA) is 235 Å². The minimum atomic E-state index is -0.802. The van der Waals surface area contributed by atoms with Crippen LogP contribution in [0.25, 0.3) is 12.2 Å². The van der Waals surface area contributed by atoms with Gasteiger partial charge in [-0.3, -0.25) is 28.8 Å². The fraction of sp³-hybridized carbons (Fsp3) is 0.500. The van der Waals surface area contributed by atoms with Gasteiger partial charge < -0.3 is 39.8 Å². The molecule has 4 aromatic heterocycles. The summed E-state index contributed by atoms with van der Waals surface area (Å²) >= 11 is 0. The number of carbonyl (C=O) groups excluding carboxylic acids is 4. The number of allylic oxidation sites excluding steroid dienone is 2. The van der Waals surface area contributed by atoms with E-state index in [1.165, 1.54) is 12.7 Å². The Bertz CT molecular complexity index is 2560. The van der Waals surface area contributed by atoms with Crippen molar-refractivity contribution in [1.82, 2.24) is 49.5 Å². The van der Waals surface area contributed by atoms with Gasteiger partial charge in [-0.1, -0.05) is 50.0 Å². The molecule has 0 aromatic carbocycles. The third kappa shape index (κ3) is 9.02. The highest BCUT2D eigenvalue weighted by atomic mass is 16.3. The minimum absolute atomic E-state index is 0.0472. The molecule has 4 aromatic rings. The van der Waals surface area contributed by atoms with Gasteiger partial charge in [0.1, 0.15) is 24.7 Å². The molecule has 4 amide bonds. The number of likely N-dealkylation sites (tertiary alicyclic amines) is 2. The molecule has 2 saturated carbocycles. The summed E-state index contributed by atoms with van der Waals surface area (Å²) in [5.41, 5.74) is 3.76. The second kappa shape index (κ2) is 21.1. The van der Waals surface area contributed by atoms with Crippen LogP contribution in [0.1, 0.15) is 111 Å². The summed E-state index contributed by atoms with van der Waals surface area (Å²) in [6.45, 7) is 4.40. The molecule has 70 heavy (non-hydrogen) atoms. The van der Waals surface area contributed by atoms with Crippen molar-refractivity contribution in [2.45, 2.75) is 116 Å². The Kier molecular flexibility index (Phi) is 14.6. The molecule has 4 aliphatic heterocycles. The van der Waals surface area contributed by atoms with Gasteiger partial charge in [0, 0.05) is 96.7 Å². The average Bonchev–Trinajstić information content (AvgIpc) is 4.26. The lowest BCUT2D eigenvalue weighted by Gasteiger charge is -2.33. The molecule has 18 heteroatoms. The summed E-state index contributed by atoms with van der Waals surface area (Å²) in [5.74, 6) is -2.33. The van der Waals surface area contributed by atoms with E-state index in [4.69, 9.17) is 0 Å². The second-order valence-corrected chi connectivity index (χ2v) is 19.3. The number of amides is 4. The van der Waals surface area contributed by atoms with E-state index in [1.807, 2.05) is 38.1 Å². The Labute approximate surface area is 406 Å². The number of aliphatic hydroxyl groups excluding tert-OH is 2. The normalized spacial score (nSPS) is 25.7. The van der Waals surface area contributed by atoms with E-state index >= 15 is 0 Å². The van der Waals surface area contributed by atoms with Crippen LogP contribution in [0, 0.1) is 35.5 Å². The van der Waals surface area contributed by atoms with E-state index in [2.05, 4.69) is 30.6 Å². The molecule has 2 aliphatic carbocycles. The summed E-state index contributed by atoms with van der Waals surface area (Å²) in [4.78, 5) is 101.